The molecular weight excluding hydrogens is 357 g/mol. The molecule has 0 saturated carbocycles. The summed E-state index contributed by atoms with van der Waals surface area (Å²) in [5.41, 5.74) is 8.65. The first-order valence-electron chi connectivity index (χ1n) is 9.23. The fraction of sp³-hybridized carbons (Fsp3) is 0.238. The van der Waals surface area contributed by atoms with Crippen LogP contribution >= 0.6 is 0 Å². The lowest BCUT2D eigenvalue weighted by molar-refractivity contribution is 0.0606. The molecule has 3 heterocycles. The van der Waals surface area contributed by atoms with E-state index in [1.165, 1.54) is 12.1 Å². The van der Waals surface area contributed by atoms with E-state index in [4.69, 9.17) is 5.73 Å². The second-order valence-corrected chi connectivity index (χ2v) is 6.79. The molecule has 1 aliphatic heterocycles. The quantitative estimate of drug-likeness (QED) is 0.753. The van der Waals surface area contributed by atoms with E-state index in [1.807, 2.05) is 4.90 Å². The number of piperidine rings is 1. The Kier molecular flexibility index (Phi) is 4.97. The number of nitrogens with zero attached hydrogens (tertiary/aromatic N) is 4. The molecule has 2 N–H and O–H groups in total. The number of nitrogen functional groups attached to an aromatic ring is 1. The molecule has 0 bridgehead atoms. The zero-order valence-corrected chi connectivity index (χ0v) is 15.3. The molecule has 1 fully saturated rings. The monoisotopic (exact) mass is 377 g/mol. The summed E-state index contributed by atoms with van der Waals surface area (Å²) in [4.78, 5) is 27.6. The Morgan fingerprint density at radius 3 is 2.71 bits per heavy atom. The minimum absolute atomic E-state index is 0.0833. The number of amides is 1. The molecule has 6 nitrogen and oxygen atoms in total. The van der Waals surface area contributed by atoms with Gasteiger partial charge < -0.3 is 10.6 Å². The highest BCUT2D eigenvalue weighted by atomic mass is 19.1. The van der Waals surface area contributed by atoms with E-state index in [0.29, 0.717) is 17.8 Å². The first-order valence-corrected chi connectivity index (χ1v) is 9.23. The van der Waals surface area contributed by atoms with E-state index in [2.05, 4.69) is 15.0 Å². The minimum Gasteiger partial charge on any atom is -0.368 e. The Morgan fingerprint density at radius 1 is 1.14 bits per heavy atom. The maximum Gasteiger partial charge on any atom is 0.255 e. The smallest absolute Gasteiger partial charge is 0.255 e. The Labute approximate surface area is 162 Å². The predicted octanol–water partition coefficient (Wildman–Crippen LogP) is 3.63. The number of aromatic nitrogens is 3. The van der Waals surface area contributed by atoms with Gasteiger partial charge >= 0.3 is 0 Å². The summed E-state index contributed by atoms with van der Waals surface area (Å²) >= 11 is 0. The van der Waals surface area contributed by atoms with Crippen molar-refractivity contribution in [2.24, 2.45) is 0 Å². The van der Waals surface area contributed by atoms with Crippen LogP contribution in [-0.4, -0.2) is 32.3 Å². The van der Waals surface area contributed by atoms with Crippen LogP contribution in [0.15, 0.2) is 55.0 Å². The van der Waals surface area contributed by atoms with Crippen molar-refractivity contribution >= 4 is 11.9 Å². The molecule has 1 atom stereocenters. The lowest BCUT2D eigenvalue weighted by atomic mass is 9.93. The molecule has 0 spiro atoms. The molecule has 1 aliphatic rings. The lowest BCUT2D eigenvalue weighted by Gasteiger charge is -2.36. The number of nitrogens with two attached hydrogens (primary N) is 1. The van der Waals surface area contributed by atoms with E-state index < -0.39 is 0 Å². The summed E-state index contributed by atoms with van der Waals surface area (Å²) in [6.45, 7) is 0.630. The zero-order chi connectivity index (χ0) is 19.5. The van der Waals surface area contributed by atoms with Gasteiger partial charge in [0.25, 0.3) is 5.91 Å². The molecule has 2 aromatic heterocycles. The Hall–Kier alpha value is -3.35. The normalized spacial score (nSPS) is 16.8. The highest BCUT2D eigenvalue weighted by molar-refractivity contribution is 5.94. The number of hydrogen-bond acceptors (Lipinski definition) is 5. The summed E-state index contributed by atoms with van der Waals surface area (Å²) < 4.78 is 13.4. The van der Waals surface area contributed by atoms with E-state index in [9.17, 15) is 9.18 Å². The predicted molar refractivity (Wildman–Crippen MR) is 104 cm³/mol. The van der Waals surface area contributed by atoms with Crippen molar-refractivity contribution in [1.29, 1.82) is 0 Å². The SMILES string of the molecule is Nc1ncc(-c2ccc(F)cc2)c([C@H]2CCCCN2C(=O)c2cccnc2)n1. The summed E-state index contributed by atoms with van der Waals surface area (Å²) in [5, 5.41) is 0. The van der Waals surface area contributed by atoms with Crippen LogP contribution in [0.5, 0.6) is 0 Å². The summed E-state index contributed by atoms with van der Waals surface area (Å²) in [6, 6.07) is 9.44. The average molecular weight is 377 g/mol. The molecule has 4 rings (SSSR count). The average Bonchev–Trinajstić information content (AvgIpc) is 2.74. The number of likely N-dealkylation sites (tertiary alicyclic amines) is 1. The van der Waals surface area contributed by atoms with Crippen LogP contribution in [-0.2, 0) is 0 Å². The van der Waals surface area contributed by atoms with Crippen molar-refractivity contribution in [3.8, 4) is 11.1 Å². The number of halogens is 1. The van der Waals surface area contributed by atoms with Crippen molar-refractivity contribution in [2.45, 2.75) is 25.3 Å². The Morgan fingerprint density at radius 2 is 1.96 bits per heavy atom. The third kappa shape index (κ3) is 3.55. The van der Waals surface area contributed by atoms with E-state index in [0.717, 1.165) is 30.4 Å². The van der Waals surface area contributed by atoms with E-state index in [-0.39, 0.29) is 23.7 Å². The zero-order valence-electron chi connectivity index (χ0n) is 15.3. The summed E-state index contributed by atoms with van der Waals surface area (Å²) in [7, 11) is 0. The van der Waals surface area contributed by atoms with Crippen molar-refractivity contribution in [1.82, 2.24) is 19.9 Å². The number of carbonyl (C=O) groups excluding carboxylic acids is 1. The largest absolute Gasteiger partial charge is 0.368 e. The van der Waals surface area contributed by atoms with Gasteiger partial charge in [0.05, 0.1) is 17.3 Å². The van der Waals surface area contributed by atoms with Gasteiger partial charge in [-0.15, -0.1) is 0 Å². The standard InChI is InChI=1S/C21H20FN5O/c22-16-8-6-14(7-9-16)17-13-25-21(23)26-19(17)18-5-1-2-11-27(18)20(28)15-4-3-10-24-12-15/h3-4,6-10,12-13,18H,1-2,5,11H2,(H2,23,25,26)/t18-/m1/s1. The molecule has 142 valence electrons. The van der Waals surface area contributed by atoms with E-state index >= 15 is 0 Å². The second-order valence-electron chi connectivity index (χ2n) is 6.79. The summed E-state index contributed by atoms with van der Waals surface area (Å²) in [5.74, 6) is -0.243. The maximum absolute atomic E-state index is 13.4. The lowest BCUT2D eigenvalue weighted by Crippen LogP contribution is -2.39. The molecule has 0 radical (unpaired) electrons. The van der Waals surface area contributed by atoms with Crippen LogP contribution in [0.3, 0.4) is 0 Å². The molecule has 0 unspecified atom stereocenters. The molecular formula is C21H20FN5O. The first kappa shape index (κ1) is 18.0. The van der Waals surface area contributed by atoms with Gasteiger partial charge in [0.15, 0.2) is 0 Å². The van der Waals surface area contributed by atoms with Gasteiger partial charge in [0.2, 0.25) is 5.95 Å². The van der Waals surface area contributed by atoms with Gasteiger partial charge in [-0.1, -0.05) is 12.1 Å². The van der Waals surface area contributed by atoms with Gasteiger partial charge in [-0.3, -0.25) is 9.78 Å². The fourth-order valence-electron chi connectivity index (χ4n) is 3.63. The molecule has 0 aliphatic carbocycles. The van der Waals surface area contributed by atoms with Gasteiger partial charge in [0.1, 0.15) is 5.82 Å². The Balaban J connectivity index is 1.76. The van der Waals surface area contributed by atoms with Crippen LogP contribution in [0, 0.1) is 5.82 Å². The number of hydrogen-bond donors (Lipinski definition) is 1. The van der Waals surface area contributed by atoms with Gasteiger partial charge in [-0.05, 0) is 49.1 Å². The minimum atomic E-state index is -0.312. The summed E-state index contributed by atoms with van der Waals surface area (Å²) in [6.07, 6.45) is 7.54. The number of benzene rings is 1. The number of pyridine rings is 1. The van der Waals surface area contributed by atoms with E-state index in [1.54, 1.807) is 42.9 Å². The Bertz CT molecular complexity index is 978. The van der Waals surface area contributed by atoms with Gasteiger partial charge in [0, 0.05) is 30.7 Å². The van der Waals surface area contributed by atoms with Crippen LogP contribution in [0.4, 0.5) is 10.3 Å². The molecule has 1 saturated heterocycles. The number of carbonyl (C=O) groups is 1. The highest BCUT2D eigenvalue weighted by Gasteiger charge is 2.32. The third-order valence-electron chi connectivity index (χ3n) is 4.98. The van der Waals surface area contributed by atoms with Crippen LogP contribution < -0.4 is 5.73 Å². The molecule has 1 aromatic carbocycles. The third-order valence-corrected chi connectivity index (χ3v) is 4.98. The first-order chi connectivity index (χ1) is 13.6. The van der Waals surface area contributed by atoms with Crippen molar-refractivity contribution in [3.05, 3.63) is 72.1 Å². The molecule has 7 heteroatoms. The highest BCUT2D eigenvalue weighted by Crippen LogP contribution is 2.36. The van der Waals surface area contributed by atoms with Crippen LogP contribution in [0.1, 0.15) is 41.4 Å². The maximum atomic E-state index is 13.4. The number of anilines is 1. The van der Waals surface area contributed by atoms with Crippen LogP contribution in [0.2, 0.25) is 0 Å². The van der Waals surface area contributed by atoms with Crippen molar-refractivity contribution in [3.63, 3.8) is 0 Å². The molecule has 3 aromatic rings. The van der Waals surface area contributed by atoms with Gasteiger partial charge in [-0.25, -0.2) is 14.4 Å². The van der Waals surface area contributed by atoms with Crippen LogP contribution in [0.25, 0.3) is 11.1 Å². The topological polar surface area (TPSA) is 85.0 Å². The number of rotatable bonds is 3. The van der Waals surface area contributed by atoms with Crippen molar-refractivity contribution in [2.75, 3.05) is 12.3 Å². The van der Waals surface area contributed by atoms with Crippen molar-refractivity contribution < 1.29 is 9.18 Å². The second kappa shape index (κ2) is 7.72. The van der Waals surface area contributed by atoms with Gasteiger partial charge in [-0.2, -0.15) is 0 Å². The fourth-order valence-corrected chi connectivity index (χ4v) is 3.63. The molecule has 28 heavy (non-hydrogen) atoms. The molecule has 1 amide bonds.